The summed E-state index contributed by atoms with van der Waals surface area (Å²) >= 11 is 5.50. The van der Waals surface area contributed by atoms with Crippen LogP contribution in [0.3, 0.4) is 0 Å². The molecule has 154 valence electrons. The number of anilines is 1. The molecule has 1 fully saturated rings. The van der Waals surface area contributed by atoms with E-state index in [2.05, 4.69) is 15.2 Å². The average molecular weight is 416 g/mol. The van der Waals surface area contributed by atoms with Crippen molar-refractivity contribution in [1.82, 2.24) is 14.0 Å². The average Bonchev–Trinajstić information content (AvgIpc) is 2.74. The standard InChI is InChI=1S/C20H25N5O3S/c1-23-17(26)16(18(27)24(2)20(23)28)13-21-12-14-8-10-25(11-9-14)19(29)22-15-6-4-3-5-7-15/h3-7,13-14,26H,8-12H2,1-2H3,(H,22,29). The van der Waals surface area contributed by atoms with Crippen LogP contribution >= 0.6 is 12.2 Å². The third-order valence-corrected chi connectivity index (χ3v) is 5.54. The Hall–Kier alpha value is -2.94. The van der Waals surface area contributed by atoms with E-state index in [1.807, 2.05) is 30.3 Å². The summed E-state index contributed by atoms with van der Waals surface area (Å²) in [7, 11) is 2.79. The molecular weight excluding hydrogens is 390 g/mol. The fourth-order valence-corrected chi connectivity index (χ4v) is 3.61. The monoisotopic (exact) mass is 415 g/mol. The number of rotatable bonds is 4. The van der Waals surface area contributed by atoms with Crippen molar-refractivity contribution in [2.24, 2.45) is 25.0 Å². The molecule has 0 spiro atoms. The van der Waals surface area contributed by atoms with Crippen molar-refractivity contribution in [3.8, 4) is 5.88 Å². The number of aromatic hydroxyl groups is 1. The predicted molar refractivity (Wildman–Crippen MR) is 118 cm³/mol. The molecule has 0 bridgehead atoms. The van der Waals surface area contributed by atoms with Crippen LogP contribution in [0.4, 0.5) is 5.69 Å². The Morgan fingerprint density at radius 1 is 1.21 bits per heavy atom. The second-order valence-corrected chi connectivity index (χ2v) is 7.55. The number of nitrogens with one attached hydrogen (secondary N) is 1. The van der Waals surface area contributed by atoms with E-state index in [-0.39, 0.29) is 11.4 Å². The highest BCUT2D eigenvalue weighted by molar-refractivity contribution is 7.80. The predicted octanol–water partition coefficient (Wildman–Crippen LogP) is 1.32. The molecular formula is C20H25N5O3S. The van der Waals surface area contributed by atoms with E-state index in [4.69, 9.17) is 12.2 Å². The molecule has 1 aliphatic rings. The van der Waals surface area contributed by atoms with Crippen molar-refractivity contribution < 1.29 is 5.11 Å². The van der Waals surface area contributed by atoms with Crippen LogP contribution in [0, 0.1) is 5.92 Å². The zero-order chi connectivity index (χ0) is 21.0. The Morgan fingerprint density at radius 3 is 2.52 bits per heavy atom. The molecule has 29 heavy (non-hydrogen) atoms. The summed E-state index contributed by atoms with van der Waals surface area (Å²) in [4.78, 5) is 30.5. The molecule has 3 rings (SSSR count). The summed E-state index contributed by atoms with van der Waals surface area (Å²) in [5, 5.41) is 14.0. The lowest BCUT2D eigenvalue weighted by atomic mass is 9.97. The van der Waals surface area contributed by atoms with Crippen molar-refractivity contribution >= 4 is 29.2 Å². The molecule has 9 heteroatoms. The SMILES string of the molecule is Cn1c(O)c(C=NCC2CCN(C(=S)Nc3ccccc3)CC2)c(=O)n(C)c1=O. The van der Waals surface area contributed by atoms with Gasteiger partial charge in [0.15, 0.2) is 5.11 Å². The van der Waals surface area contributed by atoms with Crippen LogP contribution in [-0.2, 0) is 14.1 Å². The van der Waals surface area contributed by atoms with E-state index in [1.165, 1.54) is 20.3 Å². The van der Waals surface area contributed by atoms with Gasteiger partial charge in [-0.25, -0.2) is 4.79 Å². The van der Waals surface area contributed by atoms with E-state index in [9.17, 15) is 14.7 Å². The van der Waals surface area contributed by atoms with E-state index in [1.54, 1.807) is 0 Å². The number of benzene rings is 1. The number of aromatic nitrogens is 2. The molecule has 1 aliphatic heterocycles. The minimum Gasteiger partial charge on any atom is -0.494 e. The second kappa shape index (κ2) is 9.04. The Balaban J connectivity index is 1.55. The first-order chi connectivity index (χ1) is 13.9. The zero-order valence-electron chi connectivity index (χ0n) is 16.5. The maximum Gasteiger partial charge on any atom is 0.333 e. The van der Waals surface area contributed by atoms with Crippen LogP contribution in [0.1, 0.15) is 18.4 Å². The van der Waals surface area contributed by atoms with Gasteiger partial charge in [-0.15, -0.1) is 0 Å². The first kappa shape index (κ1) is 20.8. The minimum absolute atomic E-state index is 0.0280. The summed E-state index contributed by atoms with van der Waals surface area (Å²) < 4.78 is 1.99. The molecule has 1 aromatic heterocycles. The van der Waals surface area contributed by atoms with Gasteiger partial charge in [0.2, 0.25) is 5.88 Å². The second-order valence-electron chi connectivity index (χ2n) is 7.16. The molecule has 1 saturated heterocycles. The molecule has 0 amide bonds. The van der Waals surface area contributed by atoms with Crippen molar-refractivity contribution in [1.29, 1.82) is 0 Å². The largest absolute Gasteiger partial charge is 0.494 e. The third-order valence-electron chi connectivity index (χ3n) is 5.18. The van der Waals surface area contributed by atoms with Crippen molar-refractivity contribution in [3.63, 3.8) is 0 Å². The lowest BCUT2D eigenvalue weighted by Crippen LogP contribution is -2.41. The van der Waals surface area contributed by atoms with Crippen LogP contribution in [0.25, 0.3) is 0 Å². The summed E-state index contributed by atoms with van der Waals surface area (Å²) in [6.07, 6.45) is 3.24. The Bertz CT molecular complexity index is 1020. The minimum atomic E-state index is -0.572. The van der Waals surface area contributed by atoms with Gasteiger partial charge in [-0.3, -0.25) is 18.9 Å². The van der Waals surface area contributed by atoms with Gasteiger partial charge in [-0.05, 0) is 43.1 Å². The summed E-state index contributed by atoms with van der Waals surface area (Å²) in [6.45, 7) is 2.23. The number of thiocarbonyl (C=S) groups is 1. The summed E-state index contributed by atoms with van der Waals surface area (Å²) in [5.74, 6) is 0.00885. The summed E-state index contributed by atoms with van der Waals surface area (Å²) in [6, 6.07) is 9.85. The number of hydrogen-bond donors (Lipinski definition) is 2. The molecule has 0 atom stereocenters. The molecule has 0 unspecified atom stereocenters. The quantitative estimate of drug-likeness (QED) is 0.578. The number of piperidine rings is 1. The van der Waals surface area contributed by atoms with Gasteiger partial charge in [-0.2, -0.15) is 0 Å². The van der Waals surface area contributed by atoms with E-state index < -0.39 is 11.2 Å². The van der Waals surface area contributed by atoms with Crippen LogP contribution in [-0.4, -0.2) is 50.1 Å². The Labute approximate surface area is 174 Å². The third kappa shape index (κ3) is 4.73. The molecule has 0 saturated carbocycles. The lowest BCUT2D eigenvalue weighted by molar-refractivity contribution is 0.274. The van der Waals surface area contributed by atoms with Crippen LogP contribution in [0.15, 0.2) is 44.9 Å². The maximum absolute atomic E-state index is 12.2. The molecule has 2 heterocycles. The highest BCUT2D eigenvalue weighted by atomic mass is 32.1. The van der Waals surface area contributed by atoms with Crippen LogP contribution in [0.5, 0.6) is 5.88 Å². The number of aliphatic imine (C=N–C) groups is 1. The van der Waals surface area contributed by atoms with Crippen molar-refractivity contribution in [2.75, 3.05) is 25.0 Å². The van der Waals surface area contributed by atoms with Crippen LogP contribution in [0.2, 0.25) is 0 Å². The van der Waals surface area contributed by atoms with Gasteiger partial charge in [0.1, 0.15) is 5.56 Å². The van der Waals surface area contributed by atoms with E-state index >= 15 is 0 Å². The highest BCUT2D eigenvalue weighted by Gasteiger charge is 2.21. The van der Waals surface area contributed by atoms with Gasteiger partial charge in [0.25, 0.3) is 5.56 Å². The van der Waals surface area contributed by atoms with Crippen molar-refractivity contribution in [2.45, 2.75) is 12.8 Å². The van der Waals surface area contributed by atoms with Gasteiger partial charge in [0.05, 0.1) is 0 Å². The molecule has 0 aliphatic carbocycles. The van der Waals surface area contributed by atoms with Gasteiger partial charge in [0, 0.05) is 45.6 Å². The smallest absolute Gasteiger partial charge is 0.333 e. The molecule has 8 nitrogen and oxygen atoms in total. The number of likely N-dealkylation sites (tertiary alicyclic amines) is 1. The number of hydrogen-bond acceptors (Lipinski definition) is 5. The highest BCUT2D eigenvalue weighted by Crippen LogP contribution is 2.19. The van der Waals surface area contributed by atoms with E-state index in [0.29, 0.717) is 12.5 Å². The normalized spacial score (nSPS) is 15.0. The molecule has 2 aromatic rings. The Kier molecular flexibility index (Phi) is 6.48. The molecule has 1 aromatic carbocycles. The van der Waals surface area contributed by atoms with Gasteiger partial charge < -0.3 is 15.3 Å². The molecule has 0 radical (unpaired) electrons. The lowest BCUT2D eigenvalue weighted by Gasteiger charge is -2.33. The fourth-order valence-electron chi connectivity index (χ4n) is 3.31. The van der Waals surface area contributed by atoms with Crippen LogP contribution < -0.4 is 16.6 Å². The topological polar surface area (TPSA) is 91.9 Å². The number of para-hydroxylation sites is 1. The summed E-state index contributed by atoms with van der Waals surface area (Å²) in [5.41, 5.74) is -0.123. The van der Waals surface area contributed by atoms with Crippen molar-refractivity contribution in [3.05, 3.63) is 56.7 Å². The maximum atomic E-state index is 12.2. The number of nitrogens with zero attached hydrogens (tertiary/aromatic N) is 4. The Morgan fingerprint density at radius 2 is 1.86 bits per heavy atom. The van der Waals surface area contributed by atoms with Gasteiger partial charge >= 0.3 is 5.69 Å². The fraction of sp³-hybridized carbons (Fsp3) is 0.400. The zero-order valence-corrected chi connectivity index (χ0v) is 17.4. The molecule has 2 N–H and O–H groups in total. The first-order valence-corrected chi connectivity index (χ1v) is 9.89. The van der Waals surface area contributed by atoms with E-state index in [0.717, 1.165) is 45.9 Å². The van der Waals surface area contributed by atoms with Gasteiger partial charge in [-0.1, -0.05) is 18.2 Å². The first-order valence-electron chi connectivity index (χ1n) is 9.48.